The van der Waals surface area contributed by atoms with Crippen LogP contribution < -0.4 is 5.73 Å². The third-order valence-electron chi connectivity index (χ3n) is 3.53. The summed E-state index contributed by atoms with van der Waals surface area (Å²) in [5, 5.41) is 7.75. The van der Waals surface area contributed by atoms with Crippen LogP contribution in [-0.2, 0) is 0 Å². The summed E-state index contributed by atoms with van der Waals surface area (Å²) in [7, 11) is 0. The lowest BCUT2D eigenvalue weighted by molar-refractivity contribution is 0.323. The fraction of sp³-hybridized carbons (Fsp3) is 0.500. The summed E-state index contributed by atoms with van der Waals surface area (Å²) in [4.78, 5) is 2.42. The number of nitrogens with two attached hydrogens (primary N) is 1. The standard InChI is InChI=1S/C14H21N3/c1-11-7-8-17(9-11)10-13(14(15)16)12-5-3-2-4-6-12/h2-6,11,13H,7-10H2,1H3,(H3,15,16). The third-order valence-corrected chi connectivity index (χ3v) is 3.53. The van der Waals surface area contributed by atoms with Crippen LogP contribution in [0.25, 0.3) is 0 Å². The van der Waals surface area contributed by atoms with Gasteiger partial charge in [0, 0.05) is 13.1 Å². The van der Waals surface area contributed by atoms with Crippen molar-refractivity contribution in [1.29, 1.82) is 5.41 Å². The Hall–Kier alpha value is -1.35. The molecule has 2 unspecified atom stereocenters. The van der Waals surface area contributed by atoms with E-state index < -0.39 is 0 Å². The second-order valence-corrected chi connectivity index (χ2v) is 5.07. The van der Waals surface area contributed by atoms with Crippen molar-refractivity contribution >= 4 is 5.84 Å². The van der Waals surface area contributed by atoms with Gasteiger partial charge in [-0.1, -0.05) is 37.3 Å². The Morgan fingerprint density at radius 3 is 2.71 bits per heavy atom. The third kappa shape index (κ3) is 3.07. The van der Waals surface area contributed by atoms with E-state index in [2.05, 4.69) is 24.0 Å². The van der Waals surface area contributed by atoms with Crippen molar-refractivity contribution in [3.05, 3.63) is 35.9 Å². The van der Waals surface area contributed by atoms with Crippen LogP contribution >= 0.6 is 0 Å². The van der Waals surface area contributed by atoms with E-state index in [1.807, 2.05) is 18.2 Å². The Morgan fingerprint density at radius 2 is 2.18 bits per heavy atom. The van der Waals surface area contributed by atoms with Crippen LogP contribution in [0.1, 0.15) is 24.8 Å². The number of benzene rings is 1. The van der Waals surface area contributed by atoms with Crippen molar-refractivity contribution in [3.8, 4) is 0 Å². The molecule has 3 heteroatoms. The zero-order chi connectivity index (χ0) is 12.3. The van der Waals surface area contributed by atoms with E-state index >= 15 is 0 Å². The zero-order valence-corrected chi connectivity index (χ0v) is 10.4. The van der Waals surface area contributed by atoms with Gasteiger partial charge in [0.2, 0.25) is 0 Å². The quantitative estimate of drug-likeness (QED) is 0.615. The van der Waals surface area contributed by atoms with Gasteiger partial charge in [0.05, 0.1) is 11.8 Å². The van der Waals surface area contributed by atoms with Crippen LogP contribution in [0.15, 0.2) is 30.3 Å². The molecule has 0 spiro atoms. The predicted octanol–water partition coefficient (Wildman–Crippen LogP) is 2.05. The SMILES string of the molecule is CC1CCN(CC(C(=N)N)c2ccccc2)C1. The van der Waals surface area contributed by atoms with E-state index in [0.29, 0.717) is 0 Å². The molecule has 1 heterocycles. The molecule has 92 valence electrons. The molecule has 0 aromatic heterocycles. The number of amidine groups is 1. The molecule has 0 radical (unpaired) electrons. The molecule has 1 aliphatic heterocycles. The zero-order valence-electron chi connectivity index (χ0n) is 10.4. The van der Waals surface area contributed by atoms with Crippen molar-refractivity contribution in [2.24, 2.45) is 11.7 Å². The van der Waals surface area contributed by atoms with Crippen molar-refractivity contribution in [2.75, 3.05) is 19.6 Å². The van der Waals surface area contributed by atoms with Crippen molar-refractivity contribution in [1.82, 2.24) is 4.90 Å². The number of nitrogens with one attached hydrogen (secondary N) is 1. The summed E-state index contributed by atoms with van der Waals surface area (Å²) in [5.74, 6) is 1.09. The fourth-order valence-electron chi connectivity index (χ4n) is 2.52. The smallest absolute Gasteiger partial charge is 0.0995 e. The summed E-state index contributed by atoms with van der Waals surface area (Å²) >= 11 is 0. The van der Waals surface area contributed by atoms with Crippen LogP contribution in [0.5, 0.6) is 0 Å². The van der Waals surface area contributed by atoms with Gasteiger partial charge in [0.25, 0.3) is 0 Å². The first-order valence-corrected chi connectivity index (χ1v) is 6.28. The minimum atomic E-state index is 0.0431. The molecule has 2 rings (SSSR count). The molecule has 3 nitrogen and oxygen atoms in total. The largest absolute Gasteiger partial charge is 0.387 e. The number of likely N-dealkylation sites (tertiary alicyclic amines) is 1. The first-order valence-electron chi connectivity index (χ1n) is 6.28. The summed E-state index contributed by atoms with van der Waals surface area (Å²) in [5.41, 5.74) is 6.89. The molecule has 0 bridgehead atoms. The molecule has 1 aliphatic rings. The maximum Gasteiger partial charge on any atom is 0.0995 e. The number of nitrogens with zero attached hydrogens (tertiary/aromatic N) is 1. The monoisotopic (exact) mass is 231 g/mol. The number of hydrogen-bond acceptors (Lipinski definition) is 2. The van der Waals surface area contributed by atoms with Crippen molar-refractivity contribution in [3.63, 3.8) is 0 Å². The fourth-order valence-corrected chi connectivity index (χ4v) is 2.52. The molecule has 0 saturated carbocycles. The lowest BCUT2D eigenvalue weighted by atomic mass is 9.97. The van der Waals surface area contributed by atoms with E-state index in [1.165, 1.54) is 6.42 Å². The van der Waals surface area contributed by atoms with E-state index in [0.717, 1.165) is 31.1 Å². The molecular weight excluding hydrogens is 210 g/mol. The Morgan fingerprint density at radius 1 is 1.47 bits per heavy atom. The highest BCUT2D eigenvalue weighted by atomic mass is 15.1. The molecule has 1 saturated heterocycles. The van der Waals surface area contributed by atoms with Gasteiger partial charge in [0.1, 0.15) is 0 Å². The average molecular weight is 231 g/mol. The summed E-state index contributed by atoms with van der Waals surface area (Å²) < 4.78 is 0. The number of hydrogen-bond donors (Lipinski definition) is 2. The Labute approximate surface area is 103 Å². The minimum absolute atomic E-state index is 0.0431. The van der Waals surface area contributed by atoms with Gasteiger partial charge >= 0.3 is 0 Å². The second kappa shape index (κ2) is 5.32. The Bertz CT molecular complexity index is 374. The van der Waals surface area contributed by atoms with Gasteiger partial charge in [0.15, 0.2) is 0 Å². The molecule has 17 heavy (non-hydrogen) atoms. The van der Waals surface area contributed by atoms with Crippen molar-refractivity contribution in [2.45, 2.75) is 19.3 Å². The van der Waals surface area contributed by atoms with Crippen LogP contribution in [-0.4, -0.2) is 30.4 Å². The first kappa shape index (κ1) is 12.1. The highest BCUT2D eigenvalue weighted by molar-refractivity contribution is 5.84. The predicted molar refractivity (Wildman–Crippen MR) is 71.3 cm³/mol. The molecule has 3 N–H and O–H groups in total. The Balaban J connectivity index is 2.06. The van der Waals surface area contributed by atoms with E-state index in [-0.39, 0.29) is 11.8 Å². The van der Waals surface area contributed by atoms with Crippen molar-refractivity contribution < 1.29 is 0 Å². The molecule has 0 amide bonds. The lowest BCUT2D eigenvalue weighted by Crippen LogP contribution is -2.33. The molecule has 0 aliphatic carbocycles. The van der Waals surface area contributed by atoms with Gasteiger partial charge in [-0.05, 0) is 24.4 Å². The van der Waals surface area contributed by atoms with E-state index in [9.17, 15) is 0 Å². The maximum absolute atomic E-state index is 7.75. The minimum Gasteiger partial charge on any atom is -0.387 e. The van der Waals surface area contributed by atoms with Gasteiger partial charge in [-0.25, -0.2) is 0 Å². The lowest BCUT2D eigenvalue weighted by Gasteiger charge is -2.23. The molecule has 1 aromatic carbocycles. The highest BCUT2D eigenvalue weighted by Crippen LogP contribution is 2.21. The highest BCUT2D eigenvalue weighted by Gasteiger charge is 2.24. The van der Waals surface area contributed by atoms with E-state index in [4.69, 9.17) is 11.1 Å². The first-order chi connectivity index (χ1) is 8.16. The van der Waals surface area contributed by atoms with Crippen LogP contribution in [0.3, 0.4) is 0 Å². The normalized spacial score (nSPS) is 22.5. The molecule has 1 aromatic rings. The van der Waals surface area contributed by atoms with Gasteiger partial charge in [-0.15, -0.1) is 0 Å². The second-order valence-electron chi connectivity index (χ2n) is 5.07. The Kier molecular flexibility index (Phi) is 3.79. The molecule has 1 fully saturated rings. The van der Waals surface area contributed by atoms with Gasteiger partial charge < -0.3 is 10.6 Å². The number of rotatable bonds is 4. The van der Waals surface area contributed by atoms with Gasteiger partial charge in [-0.3, -0.25) is 5.41 Å². The summed E-state index contributed by atoms with van der Waals surface area (Å²) in [6.45, 7) is 5.43. The van der Waals surface area contributed by atoms with Gasteiger partial charge in [-0.2, -0.15) is 0 Å². The maximum atomic E-state index is 7.75. The van der Waals surface area contributed by atoms with Crippen LogP contribution in [0, 0.1) is 11.3 Å². The molecule has 2 atom stereocenters. The summed E-state index contributed by atoms with van der Waals surface area (Å²) in [6.07, 6.45) is 1.26. The molecular formula is C14H21N3. The topological polar surface area (TPSA) is 53.1 Å². The van der Waals surface area contributed by atoms with Crippen LogP contribution in [0.4, 0.5) is 0 Å². The van der Waals surface area contributed by atoms with Crippen LogP contribution in [0.2, 0.25) is 0 Å². The average Bonchev–Trinajstić information content (AvgIpc) is 2.73. The summed E-state index contributed by atoms with van der Waals surface area (Å²) in [6, 6.07) is 10.1. The van der Waals surface area contributed by atoms with E-state index in [1.54, 1.807) is 0 Å².